The van der Waals surface area contributed by atoms with Crippen LogP contribution >= 0.6 is 0 Å². The lowest BCUT2D eigenvalue weighted by Crippen LogP contribution is -2.26. The van der Waals surface area contributed by atoms with Gasteiger partial charge in [0.2, 0.25) is 5.82 Å². The van der Waals surface area contributed by atoms with Gasteiger partial charge in [0, 0.05) is 32.0 Å². The molecule has 29 heavy (non-hydrogen) atoms. The molecule has 0 bridgehead atoms. The molecule has 2 aromatic heterocycles. The van der Waals surface area contributed by atoms with E-state index >= 15 is 4.39 Å². The van der Waals surface area contributed by atoms with E-state index in [0.717, 1.165) is 43.1 Å². The van der Waals surface area contributed by atoms with Crippen molar-refractivity contribution in [3.8, 4) is 11.4 Å². The van der Waals surface area contributed by atoms with Crippen LogP contribution in [0.4, 0.5) is 10.1 Å². The van der Waals surface area contributed by atoms with Crippen molar-refractivity contribution in [3.05, 3.63) is 41.7 Å². The number of nitrogens with zero attached hydrogens (tertiary/aromatic N) is 6. The predicted molar refractivity (Wildman–Crippen MR) is 108 cm³/mol. The van der Waals surface area contributed by atoms with Crippen molar-refractivity contribution in [3.63, 3.8) is 0 Å². The third kappa shape index (κ3) is 3.30. The molecule has 0 radical (unpaired) electrons. The highest BCUT2D eigenvalue weighted by atomic mass is 19.1. The highest BCUT2D eigenvalue weighted by Crippen LogP contribution is 2.54. The van der Waals surface area contributed by atoms with Crippen molar-refractivity contribution in [2.24, 2.45) is 23.7 Å². The number of piperidine rings is 1. The lowest BCUT2D eigenvalue weighted by atomic mass is 9.99. The Morgan fingerprint density at radius 2 is 2.03 bits per heavy atom. The minimum atomic E-state index is -0.272. The second-order valence-corrected chi connectivity index (χ2v) is 8.83. The smallest absolute Gasteiger partial charge is 0.209 e. The molecule has 0 spiro atoms. The Labute approximate surface area is 169 Å². The number of tetrazole rings is 1. The number of imidazole rings is 1. The van der Waals surface area contributed by atoms with E-state index in [1.54, 1.807) is 6.07 Å². The van der Waals surface area contributed by atoms with Gasteiger partial charge >= 0.3 is 0 Å². The normalized spacial score (nSPS) is 23.1. The summed E-state index contributed by atoms with van der Waals surface area (Å²) in [7, 11) is 0. The van der Waals surface area contributed by atoms with Crippen LogP contribution in [-0.2, 0) is 13.0 Å². The van der Waals surface area contributed by atoms with Gasteiger partial charge in [-0.3, -0.25) is 0 Å². The van der Waals surface area contributed by atoms with Crippen LogP contribution in [0.25, 0.3) is 11.4 Å². The molecule has 2 aliphatic rings. The monoisotopic (exact) mass is 395 g/mol. The predicted octanol–water partition coefficient (Wildman–Crippen LogP) is 3.09. The first-order valence-corrected chi connectivity index (χ1v) is 10.3. The zero-order chi connectivity index (χ0) is 20.1. The summed E-state index contributed by atoms with van der Waals surface area (Å²) in [6.45, 7) is 9.26. The number of H-pyrrole nitrogens is 1. The Kier molecular flexibility index (Phi) is 4.37. The Hall–Kier alpha value is -2.77. The minimum Gasteiger partial charge on any atom is -0.370 e. The van der Waals surface area contributed by atoms with E-state index in [4.69, 9.17) is 0 Å². The van der Waals surface area contributed by atoms with Crippen LogP contribution in [0.3, 0.4) is 0 Å². The molecule has 152 valence electrons. The van der Waals surface area contributed by atoms with E-state index in [1.165, 1.54) is 0 Å². The Morgan fingerprint density at radius 1 is 1.24 bits per heavy atom. The molecular formula is C21H26FN7. The van der Waals surface area contributed by atoms with E-state index in [9.17, 15) is 0 Å². The molecule has 1 saturated carbocycles. The molecule has 1 aromatic carbocycles. The van der Waals surface area contributed by atoms with Gasteiger partial charge in [0.05, 0.1) is 11.3 Å². The molecule has 1 saturated heterocycles. The second-order valence-electron chi connectivity index (χ2n) is 8.83. The number of hydrogen-bond acceptors (Lipinski definition) is 5. The Morgan fingerprint density at radius 3 is 2.66 bits per heavy atom. The van der Waals surface area contributed by atoms with E-state index in [1.807, 2.05) is 13.1 Å². The van der Waals surface area contributed by atoms with Gasteiger partial charge in [-0.25, -0.2) is 9.37 Å². The fourth-order valence-corrected chi connectivity index (χ4v) is 4.92. The maximum Gasteiger partial charge on any atom is 0.209 e. The lowest BCUT2D eigenvalue weighted by molar-refractivity contribution is 0.528. The van der Waals surface area contributed by atoms with Gasteiger partial charge in [-0.15, -0.1) is 10.2 Å². The van der Waals surface area contributed by atoms with Crippen LogP contribution in [0.15, 0.2) is 24.5 Å². The summed E-state index contributed by atoms with van der Waals surface area (Å²) in [5.74, 6) is 3.54. The fourth-order valence-electron chi connectivity index (χ4n) is 4.92. The number of hydrogen-bond donors (Lipinski definition) is 1. The average molecular weight is 395 g/mol. The first-order chi connectivity index (χ1) is 14.0. The van der Waals surface area contributed by atoms with Crippen LogP contribution in [0.5, 0.6) is 0 Å². The molecule has 3 aromatic rings. The number of anilines is 1. The number of rotatable bonds is 6. The second kappa shape index (κ2) is 6.93. The molecular weight excluding hydrogens is 369 g/mol. The van der Waals surface area contributed by atoms with Crippen molar-refractivity contribution >= 4 is 5.69 Å². The van der Waals surface area contributed by atoms with E-state index in [-0.39, 0.29) is 5.82 Å². The van der Waals surface area contributed by atoms with E-state index < -0.39 is 0 Å². The van der Waals surface area contributed by atoms with Crippen molar-refractivity contribution in [2.45, 2.75) is 33.7 Å². The van der Waals surface area contributed by atoms with Gasteiger partial charge in [-0.2, -0.15) is 5.21 Å². The zero-order valence-corrected chi connectivity index (χ0v) is 17.0. The van der Waals surface area contributed by atoms with Gasteiger partial charge in [0.15, 0.2) is 0 Å². The summed E-state index contributed by atoms with van der Waals surface area (Å²) < 4.78 is 17.3. The largest absolute Gasteiger partial charge is 0.370 e. The molecule has 0 amide bonds. The number of benzene rings is 1. The van der Waals surface area contributed by atoms with Gasteiger partial charge in [0.1, 0.15) is 11.6 Å². The third-order valence-electron chi connectivity index (χ3n) is 6.39. The number of nitrogens with one attached hydrogen (secondary N) is 1. The van der Waals surface area contributed by atoms with Crippen LogP contribution < -0.4 is 4.90 Å². The highest BCUT2D eigenvalue weighted by Gasteiger charge is 2.55. The lowest BCUT2D eigenvalue weighted by Gasteiger charge is -2.25. The first kappa shape index (κ1) is 18.3. The molecule has 7 nitrogen and oxygen atoms in total. The summed E-state index contributed by atoms with van der Waals surface area (Å²) >= 11 is 0. The van der Waals surface area contributed by atoms with Crippen LogP contribution in [0.1, 0.15) is 25.2 Å². The molecule has 2 fully saturated rings. The SMILES string of the molecule is Cc1nccn1CC1C2CN(c3cc(CC(C)C)cc(F)c3-c3nn[nH]n3)CC21. The van der Waals surface area contributed by atoms with E-state index in [0.29, 0.717) is 35.1 Å². The summed E-state index contributed by atoms with van der Waals surface area (Å²) in [5.41, 5.74) is 2.37. The topological polar surface area (TPSA) is 75.5 Å². The molecule has 2 unspecified atom stereocenters. The van der Waals surface area contributed by atoms with E-state index in [2.05, 4.69) is 61.2 Å². The van der Waals surface area contributed by atoms with Gasteiger partial charge in [-0.1, -0.05) is 13.8 Å². The van der Waals surface area contributed by atoms with Crippen molar-refractivity contribution in [1.82, 2.24) is 30.2 Å². The van der Waals surface area contributed by atoms with Crippen molar-refractivity contribution in [2.75, 3.05) is 18.0 Å². The molecule has 2 atom stereocenters. The standard InChI is InChI=1S/C21H26FN7/c1-12(2)6-14-7-18(22)20(21-24-26-27-25-21)19(8-14)29-10-16-15(17(16)11-29)9-28-5-4-23-13(28)3/h4-5,7-8,12,15-17H,6,9-11H2,1-3H3,(H,24,25,26,27). The maximum atomic E-state index is 15.1. The number of halogens is 1. The number of fused-ring (bicyclic) bond motifs is 1. The molecule has 1 aliphatic heterocycles. The van der Waals surface area contributed by atoms with Crippen LogP contribution in [0.2, 0.25) is 0 Å². The average Bonchev–Trinajstić information content (AvgIpc) is 3.17. The van der Waals surface area contributed by atoms with Gasteiger partial charge in [0.25, 0.3) is 0 Å². The van der Waals surface area contributed by atoms with Gasteiger partial charge in [-0.05, 0) is 59.9 Å². The Bertz CT molecular complexity index is 998. The summed E-state index contributed by atoms with van der Waals surface area (Å²) in [6.07, 6.45) is 4.76. The third-order valence-corrected chi connectivity index (χ3v) is 6.39. The summed E-state index contributed by atoms with van der Waals surface area (Å²) in [5, 5.41) is 14.2. The molecule has 8 heteroatoms. The summed E-state index contributed by atoms with van der Waals surface area (Å²) in [4.78, 5) is 6.64. The summed E-state index contributed by atoms with van der Waals surface area (Å²) in [6, 6.07) is 3.74. The first-order valence-electron chi connectivity index (χ1n) is 10.3. The van der Waals surface area contributed by atoms with Crippen molar-refractivity contribution < 1.29 is 4.39 Å². The molecule has 1 aliphatic carbocycles. The number of aryl methyl sites for hydroxylation is 1. The highest BCUT2D eigenvalue weighted by molar-refractivity contribution is 5.76. The van der Waals surface area contributed by atoms with Gasteiger partial charge < -0.3 is 9.47 Å². The molecule has 3 heterocycles. The molecule has 1 N–H and O–H groups in total. The number of aromatic amines is 1. The quantitative estimate of drug-likeness (QED) is 0.694. The maximum absolute atomic E-state index is 15.1. The fraction of sp³-hybridized carbons (Fsp3) is 0.524. The molecule has 5 rings (SSSR count). The van der Waals surface area contributed by atoms with Crippen LogP contribution in [-0.4, -0.2) is 43.3 Å². The minimum absolute atomic E-state index is 0.272. The number of aromatic nitrogens is 6. The van der Waals surface area contributed by atoms with Crippen molar-refractivity contribution in [1.29, 1.82) is 0 Å². The zero-order valence-electron chi connectivity index (χ0n) is 17.0. The Balaban J connectivity index is 1.40. The van der Waals surface area contributed by atoms with Crippen LogP contribution in [0, 0.1) is 36.4 Å².